The number of methoxy groups -OCH3 is 1. The summed E-state index contributed by atoms with van der Waals surface area (Å²) in [6.07, 6.45) is 5.33. The zero-order valence-electron chi connectivity index (χ0n) is 20.2. The van der Waals surface area contributed by atoms with Gasteiger partial charge in [-0.05, 0) is 58.0 Å². The van der Waals surface area contributed by atoms with E-state index in [9.17, 15) is 5.11 Å². The smallest absolute Gasteiger partial charge is 0.151 e. The molecule has 0 aliphatic carbocycles. The first-order valence-corrected chi connectivity index (χ1v) is 11.5. The van der Waals surface area contributed by atoms with Gasteiger partial charge in [0.2, 0.25) is 0 Å². The Morgan fingerprint density at radius 3 is 2.56 bits per heavy atom. The topological polar surface area (TPSA) is 79.5 Å². The number of aromatic nitrogens is 4. The molecule has 3 aromatic rings. The maximum atomic E-state index is 15.9. The van der Waals surface area contributed by atoms with Crippen LogP contribution in [0.25, 0.3) is 16.9 Å². The number of alkyl halides is 1. The van der Waals surface area contributed by atoms with Gasteiger partial charge in [0.15, 0.2) is 5.82 Å². The standard InChI is InChI=1S/C25H31FN6O2/c1-24-13-19(23(26)25(2,31(24)4)14-21(24)34-5)30(3)22-9-8-18(28-29-22)17-7-6-16(12-20(17)33)32-11-10-27-15-32/h6-12,15,19,21,23,33H,13-14H2,1-5H3/t19-,21-,23+,24+,25+/m1/s1. The van der Waals surface area contributed by atoms with Crippen molar-refractivity contribution in [3.8, 4) is 22.7 Å². The van der Waals surface area contributed by atoms with E-state index in [4.69, 9.17) is 4.74 Å². The van der Waals surface area contributed by atoms with Gasteiger partial charge in [0.05, 0.1) is 35.4 Å². The molecule has 1 aromatic carbocycles. The van der Waals surface area contributed by atoms with Gasteiger partial charge < -0.3 is 19.3 Å². The predicted octanol–water partition coefficient (Wildman–Crippen LogP) is 3.45. The van der Waals surface area contributed by atoms with Crippen LogP contribution in [-0.4, -0.2) is 80.4 Å². The molecular weight excluding hydrogens is 435 g/mol. The first kappa shape index (κ1) is 22.7. The summed E-state index contributed by atoms with van der Waals surface area (Å²) >= 11 is 0. The number of benzene rings is 1. The fraction of sp³-hybridized carbons (Fsp3) is 0.480. The Balaban J connectivity index is 1.39. The van der Waals surface area contributed by atoms with Gasteiger partial charge in [-0.2, -0.15) is 0 Å². The maximum absolute atomic E-state index is 15.9. The van der Waals surface area contributed by atoms with Crippen molar-refractivity contribution in [3.63, 3.8) is 0 Å². The lowest BCUT2D eigenvalue weighted by Gasteiger charge is -2.53. The van der Waals surface area contributed by atoms with Crippen LogP contribution < -0.4 is 4.90 Å². The van der Waals surface area contributed by atoms with Gasteiger partial charge in [-0.1, -0.05) is 0 Å². The third kappa shape index (κ3) is 3.29. The number of hydrogen-bond acceptors (Lipinski definition) is 7. The van der Waals surface area contributed by atoms with E-state index in [1.807, 2.05) is 54.9 Å². The molecule has 180 valence electrons. The van der Waals surface area contributed by atoms with E-state index in [0.29, 0.717) is 29.9 Å². The molecule has 9 heteroatoms. The number of likely N-dealkylation sites (N-methyl/N-ethyl adjacent to an activating group) is 1. The number of halogens is 1. The summed E-state index contributed by atoms with van der Waals surface area (Å²) in [5.74, 6) is 0.694. The number of aromatic hydroxyl groups is 1. The van der Waals surface area contributed by atoms with Gasteiger partial charge in [0, 0.05) is 43.7 Å². The monoisotopic (exact) mass is 466 g/mol. The molecule has 2 aromatic heterocycles. The second-order valence-corrected chi connectivity index (χ2v) is 9.93. The zero-order valence-corrected chi connectivity index (χ0v) is 20.2. The number of imidazole rings is 1. The van der Waals surface area contributed by atoms with E-state index in [1.54, 1.807) is 31.8 Å². The number of phenols is 1. The molecule has 2 fully saturated rings. The van der Waals surface area contributed by atoms with Crippen LogP contribution in [0.5, 0.6) is 5.75 Å². The Kier molecular flexibility index (Phi) is 5.37. The van der Waals surface area contributed by atoms with E-state index in [2.05, 4.69) is 27.0 Å². The lowest BCUT2D eigenvalue weighted by molar-refractivity contribution is -0.0586. The van der Waals surface area contributed by atoms with Crippen LogP contribution in [0.3, 0.4) is 0 Å². The van der Waals surface area contributed by atoms with E-state index < -0.39 is 11.7 Å². The molecule has 0 spiro atoms. The Morgan fingerprint density at radius 1 is 1.15 bits per heavy atom. The molecule has 8 nitrogen and oxygen atoms in total. The lowest BCUT2D eigenvalue weighted by Crippen LogP contribution is -2.67. The molecule has 2 aliphatic rings. The van der Waals surface area contributed by atoms with Crippen LogP contribution >= 0.6 is 0 Å². The minimum absolute atomic E-state index is 0.0270. The van der Waals surface area contributed by atoms with Gasteiger partial charge in [-0.3, -0.25) is 4.90 Å². The number of fused-ring (bicyclic) bond motifs is 2. The molecule has 0 unspecified atom stereocenters. The summed E-state index contributed by atoms with van der Waals surface area (Å²) in [5.41, 5.74) is 1.05. The summed E-state index contributed by atoms with van der Waals surface area (Å²) in [4.78, 5) is 8.09. The quantitative estimate of drug-likeness (QED) is 0.617. The molecule has 5 atom stereocenters. The summed E-state index contributed by atoms with van der Waals surface area (Å²) < 4.78 is 23.5. The molecule has 0 amide bonds. The lowest BCUT2D eigenvalue weighted by atomic mass is 9.80. The van der Waals surface area contributed by atoms with Crippen LogP contribution in [0.4, 0.5) is 10.2 Å². The number of nitrogens with zero attached hydrogens (tertiary/aromatic N) is 6. The number of anilines is 1. The number of hydrogen-bond donors (Lipinski definition) is 1. The van der Waals surface area contributed by atoms with Gasteiger partial charge in [0.25, 0.3) is 0 Å². The summed E-state index contributed by atoms with van der Waals surface area (Å²) in [6.45, 7) is 4.14. The van der Waals surface area contributed by atoms with Crippen LogP contribution in [0.15, 0.2) is 49.1 Å². The molecule has 2 bridgehead atoms. The third-order valence-electron chi connectivity index (χ3n) is 8.23. The van der Waals surface area contributed by atoms with Gasteiger partial charge >= 0.3 is 0 Å². The van der Waals surface area contributed by atoms with E-state index in [-0.39, 0.29) is 23.4 Å². The van der Waals surface area contributed by atoms with Crippen molar-refractivity contribution in [1.29, 1.82) is 0 Å². The Bertz CT molecular complexity index is 1170. The molecule has 0 radical (unpaired) electrons. The normalized spacial score (nSPS) is 31.1. The fourth-order valence-electron chi connectivity index (χ4n) is 5.85. The van der Waals surface area contributed by atoms with Crippen molar-refractivity contribution in [1.82, 2.24) is 24.6 Å². The number of piperidine rings is 1. The maximum Gasteiger partial charge on any atom is 0.151 e. The molecule has 2 aliphatic heterocycles. The first-order valence-electron chi connectivity index (χ1n) is 11.5. The number of ether oxygens (including phenoxy) is 1. The fourth-order valence-corrected chi connectivity index (χ4v) is 5.85. The molecular formula is C25H31FN6O2. The average Bonchev–Trinajstić information content (AvgIpc) is 3.42. The Labute approximate surface area is 199 Å². The Morgan fingerprint density at radius 2 is 1.94 bits per heavy atom. The van der Waals surface area contributed by atoms with Crippen LogP contribution in [0.1, 0.15) is 26.7 Å². The zero-order chi connectivity index (χ0) is 24.3. The highest BCUT2D eigenvalue weighted by Gasteiger charge is 2.65. The molecule has 5 rings (SSSR count). The SMILES string of the molecule is CO[C@@H]1C[C@@]2(C)[C@@H](F)[C@H](N(C)c3ccc(-c4ccc(-n5ccnc5)cc4O)nn3)C[C@]1(C)N2C. The molecule has 1 N–H and O–H groups in total. The Hall–Kier alpha value is -3.04. The van der Waals surface area contributed by atoms with E-state index in [1.165, 1.54) is 0 Å². The second-order valence-electron chi connectivity index (χ2n) is 9.93. The number of phenolic OH excluding ortho intramolecular Hbond substituents is 1. The molecule has 0 saturated carbocycles. The van der Waals surface area contributed by atoms with Gasteiger partial charge in [-0.25, -0.2) is 9.37 Å². The minimum Gasteiger partial charge on any atom is -0.507 e. The summed E-state index contributed by atoms with van der Waals surface area (Å²) in [6, 6.07) is 8.63. The van der Waals surface area contributed by atoms with Gasteiger partial charge in [-0.15, -0.1) is 10.2 Å². The third-order valence-corrected chi connectivity index (χ3v) is 8.23. The highest BCUT2D eigenvalue weighted by atomic mass is 19.1. The van der Waals surface area contributed by atoms with Crippen molar-refractivity contribution < 1.29 is 14.2 Å². The van der Waals surface area contributed by atoms with Crippen LogP contribution in [-0.2, 0) is 4.74 Å². The van der Waals surface area contributed by atoms with Crippen LogP contribution in [0, 0.1) is 0 Å². The minimum atomic E-state index is -1.07. The van der Waals surface area contributed by atoms with Crippen LogP contribution in [0.2, 0.25) is 0 Å². The molecule has 34 heavy (non-hydrogen) atoms. The van der Waals surface area contributed by atoms with Crippen molar-refractivity contribution >= 4 is 5.82 Å². The second kappa shape index (κ2) is 8.02. The average molecular weight is 467 g/mol. The highest BCUT2D eigenvalue weighted by molar-refractivity contribution is 5.69. The van der Waals surface area contributed by atoms with E-state index >= 15 is 4.39 Å². The first-order chi connectivity index (χ1) is 16.2. The summed E-state index contributed by atoms with van der Waals surface area (Å²) in [5, 5.41) is 19.3. The number of rotatable bonds is 5. The van der Waals surface area contributed by atoms with Crippen molar-refractivity contribution in [3.05, 3.63) is 49.1 Å². The van der Waals surface area contributed by atoms with Gasteiger partial charge in [0.1, 0.15) is 11.9 Å². The summed E-state index contributed by atoms with van der Waals surface area (Å²) in [7, 11) is 5.58. The van der Waals surface area contributed by atoms with Crippen molar-refractivity contribution in [2.45, 2.75) is 56.1 Å². The van der Waals surface area contributed by atoms with Crippen molar-refractivity contribution in [2.24, 2.45) is 0 Å². The molecule has 4 heterocycles. The predicted molar refractivity (Wildman–Crippen MR) is 128 cm³/mol. The highest BCUT2D eigenvalue weighted by Crippen LogP contribution is 2.52. The largest absolute Gasteiger partial charge is 0.507 e. The molecule has 2 saturated heterocycles. The van der Waals surface area contributed by atoms with E-state index in [0.717, 1.165) is 5.69 Å². The van der Waals surface area contributed by atoms with Crippen molar-refractivity contribution in [2.75, 3.05) is 26.1 Å².